The number of hydrogen-bond donors (Lipinski definition) is 1. The fourth-order valence-electron chi connectivity index (χ4n) is 3.63. The predicted octanol–water partition coefficient (Wildman–Crippen LogP) is -0.0109. The zero-order valence-electron chi connectivity index (χ0n) is 14.7. The standard InChI is InChI=1S/C17H22N4O4S/c1-19-9-13(22)18-16-15(17(19)24)11-2-3-21(8-12(11)26-16)14(23)10-20-4-6-25-7-5-20/h2-10H2,1H3,(H,18,22). The highest BCUT2D eigenvalue weighted by Gasteiger charge is 2.34. The van der Waals surface area contributed by atoms with Crippen LogP contribution in [0.15, 0.2) is 0 Å². The molecule has 0 radical (unpaired) electrons. The quantitative estimate of drug-likeness (QED) is 0.783. The Morgan fingerprint density at radius 3 is 2.73 bits per heavy atom. The lowest BCUT2D eigenvalue weighted by atomic mass is 10.0. The van der Waals surface area contributed by atoms with Crippen molar-refractivity contribution in [3.63, 3.8) is 0 Å². The van der Waals surface area contributed by atoms with Crippen LogP contribution in [0.5, 0.6) is 0 Å². The highest BCUT2D eigenvalue weighted by Crippen LogP contribution is 2.38. The number of thiophene rings is 1. The van der Waals surface area contributed by atoms with E-state index in [9.17, 15) is 14.4 Å². The number of carbonyl (C=O) groups is 3. The van der Waals surface area contributed by atoms with E-state index in [1.54, 1.807) is 7.05 Å². The van der Waals surface area contributed by atoms with Crippen LogP contribution in [-0.4, -0.2) is 85.4 Å². The number of morpholine rings is 1. The van der Waals surface area contributed by atoms with Gasteiger partial charge in [-0.1, -0.05) is 0 Å². The monoisotopic (exact) mass is 378 g/mol. The average molecular weight is 378 g/mol. The largest absolute Gasteiger partial charge is 0.379 e. The molecule has 26 heavy (non-hydrogen) atoms. The van der Waals surface area contributed by atoms with Crippen molar-refractivity contribution in [3.05, 3.63) is 16.0 Å². The Bertz CT molecular complexity index is 756. The van der Waals surface area contributed by atoms with Crippen LogP contribution in [-0.2, 0) is 27.3 Å². The Balaban J connectivity index is 1.51. The molecule has 1 N–H and O–H groups in total. The van der Waals surface area contributed by atoms with E-state index in [1.807, 2.05) is 4.90 Å². The van der Waals surface area contributed by atoms with Gasteiger partial charge < -0.3 is 19.9 Å². The molecule has 0 unspecified atom stereocenters. The third kappa shape index (κ3) is 3.22. The number of anilines is 1. The van der Waals surface area contributed by atoms with Crippen LogP contribution < -0.4 is 5.32 Å². The maximum atomic E-state index is 12.6. The highest BCUT2D eigenvalue weighted by atomic mass is 32.1. The van der Waals surface area contributed by atoms with Crippen LogP contribution in [0.1, 0.15) is 20.8 Å². The molecule has 1 saturated heterocycles. The van der Waals surface area contributed by atoms with Crippen LogP contribution in [0.25, 0.3) is 0 Å². The summed E-state index contributed by atoms with van der Waals surface area (Å²) >= 11 is 1.42. The molecule has 1 fully saturated rings. The van der Waals surface area contributed by atoms with E-state index in [2.05, 4.69) is 10.2 Å². The SMILES string of the molecule is CN1CC(=O)Nc2sc3c(c2C1=O)CCN(C(=O)CN1CCOCC1)C3. The Kier molecular flexibility index (Phi) is 4.68. The minimum atomic E-state index is -0.182. The van der Waals surface area contributed by atoms with E-state index in [0.717, 1.165) is 23.5 Å². The Hall–Kier alpha value is -1.97. The number of fused-ring (bicyclic) bond motifs is 3. The fourth-order valence-corrected chi connectivity index (χ4v) is 4.90. The van der Waals surface area contributed by atoms with Crippen LogP contribution in [0.2, 0.25) is 0 Å². The first-order chi connectivity index (χ1) is 12.5. The molecular formula is C17H22N4O4S. The number of nitrogens with zero attached hydrogens (tertiary/aromatic N) is 3. The number of ether oxygens (including phenoxy) is 1. The van der Waals surface area contributed by atoms with Gasteiger partial charge in [-0.25, -0.2) is 0 Å². The lowest BCUT2D eigenvalue weighted by Gasteiger charge is -2.31. The predicted molar refractivity (Wildman–Crippen MR) is 96.3 cm³/mol. The summed E-state index contributed by atoms with van der Waals surface area (Å²) in [6.45, 7) is 4.49. The van der Waals surface area contributed by atoms with Crippen molar-refractivity contribution in [3.8, 4) is 0 Å². The molecule has 0 atom stereocenters. The number of nitrogens with one attached hydrogen (secondary N) is 1. The topological polar surface area (TPSA) is 82.2 Å². The van der Waals surface area contributed by atoms with Gasteiger partial charge >= 0.3 is 0 Å². The molecule has 4 rings (SSSR count). The second-order valence-corrected chi connectivity index (χ2v) is 7.98. The van der Waals surface area contributed by atoms with Crippen LogP contribution in [0.4, 0.5) is 5.00 Å². The second kappa shape index (κ2) is 6.98. The lowest BCUT2D eigenvalue weighted by Crippen LogP contribution is -2.46. The molecule has 1 aromatic heterocycles. The van der Waals surface area contributed by atoms with Crippen LogP contribution >= 0.6 is 11.3 Å². The van der Waals surface area contributed by atoms with Gasteiger partial charge in [0.15, 0.2) is 0 Å². The van der Waals surface area contributed by atoms with Crippen molar-refractivity contribution >= 4 is 34.1 Å². The van der Waals surface area contributed by atoms with E-state index in [1.165, 1.54) is 16.2 Å². The minimum Gasteiger partial charge on any atom is -0.379 e. The van der Waals surface area contributed by atoms with Gasteiger partial charge in [0.05, 0.1) is 38.4 Å². The molecule has 3 aliphatic heterocycles. The van der Waals surface area contributed by atoms with Gasteiger partial charge in [0, 0.05) is 31.6 Å². The first-order valence-electron chi connectivity index (χ1n) is 8.80. The molecule has 0 bridgehead atoms. The van der Waals surface area contributed by atoms with Gasteiger partial charge in [-0.15, -0.1) is 11.3 Å². The smallest absolute Gasteiger partial charge is 0.257 e. The molecule has 3 amide bonds. The van der Waals surface area contributed by atoms with Gasteiger partial charge in [0.1, 0.15) is 5.00 Å². The number of hydrogen-bond acceptors (Lipinski definition) is 6. The maximum absolute atomic E-state index is 12.6. The van der Waals surface area contributed by atoms with Crippen molar-refractivity contribution in [1.82, 2.24) is 14.7 Å². The molecular weight excluding hydrogens is 356 g/mol. The first kappa shape index (κ1) is 17.4. The summed E-state index contributed by atoms with van der Waals surface area (Å²) in [7, 11) is 1.64. The van der Waals surface area contributed by atoms with Crippen molar-refractivity contribution in [1.29, 1.82) is 0 Å². The van der Waals surface area contributed by atoms with E-state index < -0.39 is 0 Å². The van der Waals surface area contributed by atoms with E-state index >= 15 is 0 Å². The van der Waals surface area contributed by atoms with E-state index in [0.29, 0.717) is 49.8 Å². The molecule has 1 aromatic rings. The lowest BCUT2D eigenvalue weighted by molar-refractivity contribution is -0.134. The van der Waals surface area contributed by atoms with Gasteiger partial charge in [-0.3, -0.25) is 19.3 Å². The van der Waals surface area contributed by atoms with Crippen molar-refractivity contribution in [2.75, 3.05) is 58.3 Å². The van der Waals surface area contributed by atoms with Gasteiger partial charge in [-0.2, -0.15) is 0 Å². The molecule has 0 aromatic carbocycles. The average Bonchev–Trinajstić information content (AvgIpc) is 2.93. The van der Waals surface area contributed by atoms with Crippen LogP contribution in [0.3, 0.4) is 0 Å². The Labute approximate surface area is 155 Å². The maximum Gasteiger partial charge on any atom is 0.257 e. The summed E-state index contributed by atoms with van der Waals surface area (Å²) in [5, 5.41) is 3.46. The molecule has 8 nitrogen and oxygen atoms in total. The number of likely N-dealkylation sites (N-methyl/N-ethyl adjacent to an activating group) is 1. The van der Waals surface area contributed by atoms with Crippen molar-refractivity contribution in [2.45, 2.75) is 13.0 Å². The number of carbonyl (C=O) groups excluding carboxylic acids is 3. The summed E-state index contributed by atoms with van der Waals surface area (Å²) in [6.07, 6.45) is 0.644. The normalized spacial score (nSPS) is 21.1. The molecule has 0 aliphatic carbocycles. The highest BCUT2D eigenvalue weighted by molar-refractivity contribution is 7.17. The summed E-state index contributed by atoms with van der Waals surface area (Å²) in [6, 6.07) is 0. The molecule has 4 heterocycles. The minimum absolute atomic E-state index is 0.0686. The van der Waals surface area contributed by atoms with Crippen LogP contribution in [0, 0.1) is 0 Å². The zero-order valence-corrected chi connectivity index (χ0v) is 15.6. The number of amides is 3. The molecule has 140 valence electrons. The summed E-state index contributed by atoms with van der Waals surface area (Å²) in [5.41, 5.74) is 1.60. The summed E-state index contributed by atoms with van der Waals surface area (Å²) < 4.78 is 5.32. The van der Waals surface area contributed by atoms with Gasteiger partial charge in [0.25, 0.3) is 5.91 Å². The fraction of sp³-hybridized carbons (Fsp3) is 0.588. The number of rotatable bonds is 2. The third-order valence-corrected chi connectivity index (χ3v) is 6.20. The van der Waals surface area contributed by atoms with Gasteiger partial charge in [0.2, 0.25) is 11.8 Å². The first-order valence-corrected chi connectivity index (χ1v) is 9.62. The van der Waals surface area contributed by atoms with E-state index in [4.69, 9.17) is 4.74 Å². The van der Waals surface area contributed by atoms with Gasteiger partial charge in [-0.05, 0) is 12.0 Å². The molecule has 0 saturated carbocycles. The Morgan fingerprint density at radius 2 is 1.96 bits per heavy atom. The van der Waals surface area contributed by atoms with E-state index in [-0.39, 0.29) is 24.3 Å². The zero-order chi connectivity index (χ0) is 18.3. The van der Waals surface area contributed by atoms with Crippen molar-refractivity contribution < 1.29 is 19.1 Å². The third-order valence-electron chi connectivity index (χ3n) is 5.07. The molecule has 9 heteroatoms. The van der Waals surface area contributed by atoms with Crippen molar-refractivity contribution in [2.24, 2.45) is 0 Å². The summed E-state index contributed by atoms with van der Waals surface area (Å²) in [4.78, 5) is 43.6. The Morgan fingerprint density at radius 1 is 1.19 bits per heavy atom. The second-order valence-electron chi connectivity index (χ2n) is 6.87. The molecule has 0 spiro atoms. The molecule has 3 aliphatic rings. The summed E-state index contributed by atoms with van der Waals surface area (Å²) in [5.74, 6) is -0.198.